The molecule has 1 heterocycles. The second-order valence-electron chi connectivity index (χ2n) is 3.95. The average Bonchev–Trinajstić information content (AvgIpc) is 2.73. The van der Waals surface area contributed by atoms with Crippen molar-refractivity contribution >= 4 is 11.8 Å². The number of rotatable bonds is 6. The lowest BCUT2D eigenvalue weighted by Gasteiger charge is -2.11. The number of thioether (sulfide) groups is 1. The van der Waals surface area contributed by atoms with E-state index in [-0.39, 0.29) is 0 Å². The van der Waals surface area contributed by atoms with Gasteiger partial charge in [0.15, 0.2) is 0 Å². The van der Waals surface area contributed by atoms with Gasteiger partial charge in [0, 0.05) is 36.3 Å². The van der Waals surface area contributed by atoms with E-state index in [1.54, 1.807) is 0 Å². The Bertz CT molecular complexity index is 329. The van der Waals surface area contributed by atoms with Gasteiger partial charge in [0.25, 0.3) is 0 Å². The van der Waals surface area contributed by atoms with Crippen LogP contribution in [0.5, 0.6) is 0 Å². The molecular weight excluding hydrogens is 218 g/mol. The fraction of sp³-hybridized carbons (Fsp3) is 0.538. The lowest BCUT2D eigenvalue weighted by atomic mass is 10.0. The Morgan fingerprint density at radius 1 is 1.44 bits per heavy atom. The molecule has 1 atom stereocenters. The third-order valence-electron chi connectivity index (χ3n) is 2.82. The average molecular weight is 237 g/mol. The van der Waals surface area contributed by atoms with Crippen molar-refractivity contribution in [3.05, 3.63) is 29.8 Å². The Balaban J connectivity index is 1.76. The smallest absolute Gasteiger partial charge is 0.0590 e. The maximum Gasteiger partial charge on any atom is 0.0590 e. The molecule has 1 aliphatic heterocycles. The van der Waals surface area contributed by atoms with Crippen molar-refractivity contribution in [2.45, 2.75) is 17.7 Å². The van der Waals surface area contributed by atoms with E-state index in [2.05, 4.69) is 29.6 Å². The Morgan fingerprint density at radius 3 is 3.19 bits per heavy atom. The molecule has 0 saturated carbocycles. The highest BCUT2D eigenvalue weighted by Crippen LogP contribution is 2.38. The molecule has 16 heavy (non-hydrogen) atoms. The molecular formula is C13H19NOS. The first-order valence-electron chi connectivity index (χ1n) is 5.92. The first-order chi connectivity index (χ1) is 7.92. The van der Waals surface area contributed by atoms with Crippen LogP contribution in [0.25, 0.3) is 0 Å². The number of fused-ring (bicyclic) bond motifs is 1. The minimum absolute atomic E-state index is 0.669. The first kappa shape index (κ1) is 12.0. The normalized spacial score (nSPS) is 18.7. The van der Waals surface area contributed by atoms with E-state index in [0.717, 1.165) is 26.3 Å². The molecule has 1 N–H and O–H groups in total. The van der Waals surface area contributed by atoms with Crippen molar-refractivity contribution in [1.82, 2.24) is 5.32 Å². The van der Waals surface area contributed by atoms with Gasteiger partial charge in [0.2, 0.25) is 0 Å². The highest BCUT2D eigenvalue weighted by Gasteiger charge is 2.21. The molecule has 0 saturated heterocycles. The summed E-state index contributed by atoms with van der Waals surface area (Å²) in [7, 11) is 0. The van der Waals surface area contributed by atoms with E-state index in [1.807, 2.05) is 18.7 Å². The minimum Gasteiger partial charge on any atom is -0.380 e. The standard InChI is InChI=1S/C13H19NOS/c1-2-15-8-7-14-9-11-10-16-13-6-4-3-5-12(11)13/h3-6,11,14H,2,7-10H2,1H3. The number of nitrogens with one attached hydrogen (secondary N) is 1. The molecule has 1 aromatic rings. The summed E-state index contributed by atoms with van der Waals surface area (Å²) in [6, 6.07) is 8.74. The lowest BCUT2D eigenvalue weighted by Crippen LogP contribution is -2.25. The van der Waals surface area contributed by atoms with Crippen LogP contribution in [-0.2, 0) is 4.74 Å². The van der Waals surface area contributed by atoms with Crippen LogP contribution in [0.2, 0.25) is 0 Å². The second-order valence-corrected chi connectivity index (χ2v) is 5.01. The predicted molar refractivity (Wildman–Crippen MR) is 69.3 cm³/mol. The van der Waals surface area contributed by atoms with Crippen LogP contribution >= 0.6 is 11.8 Å². The summed E-state index contributed by atoms with van der Waals surface area (Å²) in [5.74, 6) is 1.88. The molecule has 0 fully saturated rings. The SMILES string of the molecule is CCOCCNCC1CSc2ccccc21. The third-order valence-corrected chi connectivity index (χ3v) is 4.07. The molecule has 1 aliphatic rings. The van der Waals surface area contributed by atoms with E-state index in [4.69, 9.17) is 4.74 Å². The predicted octanol–water partition coefficient (Wildman–Crippen LogP) is 2.50. The Morgan fingerprint density at radius 2 is 2.31 bits per heavy atom. The van der Waals surface area contributed by atoms with Crippen LogP contribution in [0.3, 0.4) is 0 Å². The van der Waals surface area contributed by atoms with Gasteiger partial charge in [-0.3, -0.25) is 0 Å². The van der Waals surface area contributed by atoms with E-state index in [9.17, 15) is 0 Å². The summed E-state index contributed by atoms with van der Waals surface area (Å²) in [6.07, 6.45) is 0. The van der Waals surface area contributed by atoms with Gasteiger partial charge < -0.3 is 10.1 Å². The molecule has 0 spiro atoms. The maximum atomic E-state index is 5.30. The van der Waals surface area contributed by atoms with Gasteiger partial charge in [-0.1, -0.05) is 18.2 Å². The quantitative estimate of drug-likeness (QED) is 0.768. The van der Waals surface area contributed by atoms with Crippen LogP contribution in [0.4, 0.5) is 0 Å². The van der Waals surface area contributed by atoms with Crippen molar-refractivity contribution in [1.29, 1.82) is 0 Å². The zero-order chi connectivity index (χ0) is 11.2. The summed E-state index contributed by atoms with van der Waals surface area (Å²) in [5, 5.41) is 3.46. The molecule has 0 aliphatic carbocycles. The van der Waals surface area contributed by atoms with Gasteiger partial charge in [-0.15, -0.1) is 11.8 Å². The zero-order valence-corrected chi connectivity index (χ0v) is 10.6. The Labute approximate surface area is 102 Å². The maximum absolute atomic E-state index is 5.30. The first-order valence-corrected chi connectivity index (χ1v) is 6.90. The highest BCUT2D eigenvalue weighted by atomic mass is 32.2. The largest absolute Gasteiger partial charge is 0.380 e. The zero-order valence-electron chi connectivity index (χ0n) is 9.74. The summed E-state index contributed by atoms with van der Waals surface area (Å²) < 4.78 is 5.30. The van der Waals surface area contributed by atoms with Crippen molar-refractivity contribution in [2.24, 2.45) is 0 Å². The molecule has 3 heteroatoms. The summed E-state index contributed by atoms with van der Waals surface area (Å²) in [6.45, 7) is 5.68. The molecule has 88 valence electrons. The van der Waals surface area contributed by atoms with Crippen LogP contribution in [0.15, 0.2) is 29.2 Å². The van der Waals surface area contributed by atoms with Gasteiger partial charge in [0.1, 0.15) is 0 Å². The number of hydrogen-bond acceptors (Lipinski definition) is 3. The molecule has 0 aromatic heterocycles. The lowest BCUT2D eigenvalue weighted by molar-refractivity contribution is 0.149. The van der Waals surface area contributed by atoms with E-state index in [1.165, 1.54) is 16.2 Å². The Hall–Kier alpha value is -0.510. The van der Waals surface area contributed by atoms with Crippen LogP contribution < -0.4 is 5.32 Å². The molecule has 1 aromatic carbocycles. The number of benzene rings is 1. The molecule has 2 rings (SSSR count). The summed E-state index contributed by atoms with van der Waals surface area (Å²) >= 11 is 1.97. The number of ether oxygens (including phenoxy) is 1. The molecule has 0 amide bonds. The molecule has 1 unspecified atom stereocenters. The van der Waals surface area contributed by atoms with Gasteiger partial charge in [-0.2, -0.15) is 0 Å². The van der Waals surface area contributed by atoms with Crippen LogP contribution in [-0.4, -0.2) is 32.1 Å². The fourth-order valence-electron chi connectivity index (χ4n) is 1.96. The van der Waals surface area contributed by atoms with Gasteiger partial charge in [-0.05, 0) is 18.6 Å². The third kappa shape index (κ3) is 3.00. The van der Waals surface area contributed by atoms with E-state index >= 15 is 0 Å². The van der Waals surface area contributed by atoms with Crippen molar-refractivity contribution in [3.63, 3.8) is 0 Å². The van der Waals surface area contributed by atoms with Gasteiger partial charge in [0.05, 0.1) is 6.61 Å². The van der Waals surface area contributed by atoms with Crippen LogP contribution in [0, 0.1) is 0 Å². The van der Waals surface area contributed by atoms with E-state index in [0.29, 0.717) is 5.92 Å². The fourth-order valence-corrected chi connectivity index (χ4v) is 3.22. The van der Waals surface area contributed by atoms with E-state index < -0.39 is 0 Å². The van der Waals surface area contributed by atoms with Gasteiger partial charge in [-0.25, -0.2) is 0 Å². The Kier molecular flexibility index (Phi) is 4.69. The van der Waals surface area contributed by atoms with Gasteiger partial charge >= 0.3 is 0 Å². The topological polar surface area (TPSA) is 21.3 Å². The van der Waals surface area contributed by atoms with Crippen molar-refractivity contribution in [2.75, 3.05) is 32.1 Å². The molecule has 0 bridgehead atoms. The number of hydrogen-bond donors (Lipinski definition) is 1. The monoisotopic (exact) mass is 237 g/mol. The molecule has 2 nitrogen and oxygen atoms in total. The van der Waals surface area contributed by atoms with Crippen molar-refractivity contribution in [3.8, 4) is 0 Å². The summed E-state index contributed by atoms with van der Waals surface area (Å²) in [4.78, 5) is 1.46. The minimum atomic E-state index is 0.669. The molecule has 0 radical (unpaired) electrons. The summed E-state index contributed by atoms with van der Waals surface area (Å²) in [5.41, 5.74) is 1.51. The highest BCUT2D eigenvalue weighted by molar-refractivity contribution is 7.99. The second kappa shape index (κ2) is 6.28. The van der Waals surface area contributed by atoms with Crippen LogP contribution in [0.1, 0.15) is 18.4 Å². The van der Waals surface area contributed by atoms with Crippen molar-refractivity contribution < 1.29 is 4.74 Å².